The third-order valence-electron chi connectivity index (χ3n) is 3.52. The van der Waals surface area contributed by atoms with Gasteiger partial charge in [-0.15, -0.1) is 0 Å². The number of amides is 1. The average molecular weight is 287 g/mol. The maximum atomic E-state index is 12.2. The first-order valence-corrected chi connectivity index (χ1v) is 6.83. The molecule has 2 heterocycles. The van der Waals surface area contributed by atoms with Gasteiger partial charge in [0.2, 0.25) is 0 Å². The monoisotopic (exact) mass is 287 g/mol. The van der Waals surface area contributed by atoms with Gasteiger partial charge in [0.1, 0.15) is 5.75 Å². The van der Waals surface area contributed by atoms with Gasteiger partial charge >= 0.3 is 0 Å². The number of methoxy groups -OCH3 is 1. The minimum Gasteiger partial charge on any atom is -0.497 e. The van der Waals surface area contributed by atoms with Gasteiger partial charge in [0.25, 0.3) is 5.91 Å². The Bertz CT molecular complexity index is 634. The lowest BCUT2D eigenvalue weighted by Crippen LogP contribution is -2.25. The second-order valence-electron chi connectivity index (χ2n) is 4.86. The molecule has 0 saturated carbocycles. The fourth-order valence-corrected chi connectivity index (χ4v) is 2.31. The zero-order valence-electron chi connectivity index (χ0n) is 11.8. The van der Waals surface area contributed by atoms with Gasteiger partial charge in [-0.05, 0) is 17.7 Å². The Labute approximate surface area is 122 Å². The van der Waals surface area contributed by atoms with Gasteiger partial charge in [-0.25, -0.2) is 0 Å². The Morgan fingerprint density at radius 1 is 1.43 bits per heavy atom. The van der Waals surface area contributed by atoms with Crippen molar-refractivity contribution in [2.45, 2.75) is 19.6 Å². The number of hydrogen-bond donors (Lipinski definition) is 2. The Morgan fingerprint density at radius 3 is 3.00 bits per heavy atom. The zero-order valence-corrected chi connectivity index (χ0v) is 11.8. The summed E-state index contributed by atoms with van der Waals surface area (Å²) in [6.45, 7) is 1.56. The molecule has 2 aromatic rings. The summed E-state index contributed by atoms with van der Waals surface area (Å²) >= 11 is 0. The van der Waals surface area contributed by atoms with E-state index in [4.69, 9.17) is 9.47 Å². The first-order valence-electron chi connectivity index (χ1n) is 6.83. The summed E-state index contributed by atoms with van der Waals surface area (Å²) in [7, 11) is 1.62. The van der Waals surface area contributed by atoms with Crippen molar-refractivity contribution >= 4 is 5.91 Å². The highest BCUT2D eigenvalue weighted by atomic mass is 16.5. The number of carbonyl (C=O) groups is 1. The minimum absolute atomic E-state index is 0.186. The van der Waals surface area contributed by atoms with E-state index in [1.807, 2.05) is 24.3 Å². The van der Waals surface area contributed by atoms with E-state index in [2.05, 4.69) is 15.5 Å². The van der Waals surface area contributed by atoms with Crippen molar-refractivity contribution in [3.8, 4) is 5.75 Å². The van der Waals surface area contributed by atoms with Crippen molar-refractivity contribution in [3.05, 3.63) is 46.8 Å². The molecule has 6 heteroatoms. The molecule has 0 unspecified atom stereocenters. The predicted octanol–water partition coefficient (Wildman–Crippen LogP) is 1.42. The van der Waals surface area contributed by atoms with Crippen molar-refractivity contribution in [3.63, 3.8) is 0 Å². The smallest absolute Gasteiger partial charge is 0.272 e. The number of rotatable bonds is 4. The van der Waals surface area contributed by atoms with Crippen LogP contribution in [0.5, 0.6) is 5.75 Å². The summed E-state index contributed by atoms with van der Waals surface area (Å²) in [4.78, 5) is 12.2. The molecule has 0 spiro atoms. The van der Waals surface area contributed by atoms with Crippen molar-refractivity contribution in [2.75, 3.05) is 13.7 Å². The zero-order chi connectivity index (χ0) is 14.7. The van der Waals surface area contributed by atoms with E-state index in [1.54, 1.807) is 7.11 Å². The van der Waals surface area contributed by atoms with E-state index >= 15 is 0 Å². The number of fused-ring (bicyclic) bond motifs is 1. The molecule has 1 aliphatic rings. The molecule has 6 nitrogen and oxygen atoms in total. The largest absolute Gasteiger partial charge is 0.497 e. The number of aromatic nitrogens is 2. The van der Waals surface area contributed by atoms with Crippen LogP contribution in [0.3, 0.4) is 0 Å². The molecule has 0 saturated heterocycles. The molecule has 0 atom stereocenters. The van der Waals surface area contributed by atoms with Gasteiger partial charge in [-0.2, -0.15) is 5.10 Å². The van der Waals surface area contributed by atoms with E-state index < -0.39 is 0 Å². The highest BCUT2D eigenvalue weighted by molar-refractivity contribution is 5.93. The Morgan fingerprint density at radius 2 is 2.24 bits per heavy atom. The van der Waals surface area contributed by atoms with Crippen LogP contribution in [0.15, 0.2) is 24.3 Å². The van der Waals surface area contributed by atoms with Crippen LogP contribution in [0.25, 0.3) is 0 Å². The SMILES string of the molecule is COc1ccc(CNC(=O)c2n[nH]c3c2COCC3)cc1. The van der Waals surface area contributed by atoms with E-state index in [9.17, 15) is 4.79 Å². The molecule has 1 aromatic carbocycles. The van der Waals surface area contributed by atoms with Crippen LogP contribution in [-0.2, 0) is 24.3 Å². The van der Waals surface area contributed by atoms with Crippen LogP contribution >= 0.6 is 0 Å². The van der Waals surface area contributed by atoms with Gasteiger partial charge in [0, 0.05) is 24.2 Å². The fourth-order valence-electron chi connectivity index (χ4n) is 2.31. The lowest BCUT2D eigenvalue weighted by molar-refractivity contribution is 0.0922. The summed E-state index contributed by atoms with van der Waals surface area (Å²) < 4.78 is 10.5. The summed E-state index contributed by atoms with van der Waals surface area (Å²) in [5.41, 5.74) is 3.30. The molecular formula is C15H17N3O3. The van der Waals surface area contributed by atoms with E-state index in [-0.39, 0.29) is 5.91 Å². The summed E-state index contributed by atoms with van der Waals surface area (Å²) in [5.74, 6) is 0.609. The van der Waals surface area contributed by atoms with Crippen LogP contribution in [0.1, 0.15) is 27.3 Å². The van der Waals surface area contributed by atoms with E-state index in [0.717, 1.165) is 29.0 Å². The van der Waals surface area contributed by atoms with Gasteiger partial charge < -0.3 is 14.8 Å². The molecule has 1 amide bonds. The van der Waals surface area contributed by atoms with Crippen LogP contribution in [-0.4, -0.2) is 29.8 Å². The highest BCUT2D eigenvalue weighted by Gasteiger charge is 2.21. The van der Waals surface area contributed by atoms with Crippen molar-refractivity contribution in [1.29, 1.82) is 0 Å². The minimum atomic E-state index is -0.186. The number of ether oxygens (including phenoxy) is 2. The third-order valence-corrected chi connectivity index (χ3v) is 3.52. The molecule has 110 valence electrons. The van der Waals surface area contributed by atoms with Crippen LogP contribution < -0.4 is 10.1 Å². The Hall–Kier alpha value is -2.34. The molecule has 3 rings (SSSR count). The number of nitrogens with one attached hydrogen (secondary N) is 2. The highest BCUT2D eigenvalue weighted by Crippen LogP contribution is 2.18. The second kappa shape index (κ2) is 5.97. The van der Waals surface area contributed by atoms with E-state index in [0.29, 0.717) is 25.5 Å². The van der Waals surface area contributed by atoms with Gasteiger partial charge in [-0.3, -0.25) is 9.89 Å². The van der Waals surface area contributed by atoms with Gasteiger partial charge in [0.05, 0.1) is 20.3 Å². The molecule has 1 aliphatic heterocycles. The number of benzene rings is 1. The number of carbonyl (C=O) groups excluding carboxylic acids is 1. The topological polar surface area (TPSA) is 76.2 Å². The molecule has 2 N–H and O–H groups in total. The summed E-state index contributed by atoms with van der Waals surface area (Å²) in [6, 6.07) is 7.57. The van der Waals surface area contributed by atoms with Gasteiger partial charge in [-0.1, -0.05) is 12.1 Å². The maximum absolute atomic E-state index is 12.2. The fraction of sp³-hybridized carbons (Fsp3) is 0.333. The molecule has 0 aliphatic carbocycles. The van der Waals surface area contributed by atoms with Crippen LogP contribution in [0.4, 0.5) is 0 Å². The lowest BCUT2D eigenvalue weighted by atomic mass is 10.1. The van der Waals surface area contributed by atoms with Crippen LogP contribution in [0.2, 0.25) is 0 Å². The Balaban J connectivity index is 1.64. The lowest BCUT2D eigenvalue weighted by Gasteiger charge is -2.12. The van der Waals surface area contributed by atoms with Gasteiger partial charge in [0.15, 0.2) is 5.69 Å². The molecule has 1 aromatic heterocycles. The maximum Gasteiger partial charge on any atom is 0.272 e. The molecule has 0 fully saturated rings. The molecular weight excluding hydrogens is 270 g/mol. The standard InChI is InChI=1S/C15H17N3O3/c1-20-11-4-2-10(3-5-11)8-16-15(19)14-12-9-21-7-6-13(12)17-18-14/h2-5H,6-9H2,1H3,(H,16,19)(H,17,18). The molecule has 21 heavy (non-hydrogen) atoms. The molecule has 0 radical (unpaired) electrons. The quantitative estimate of drug-likeness (QED) is 0.891. The number of aromatic amines is 1. The van der Waals surface area contributed by atoms with Crippen molar-refractivity contribution in [1.82, 2.24) is 15.5 Å². The van der Waals surface area contributed by atoms with E-state index in [1.165, 1.54) is 0 Å². The third kappa shape index (κ3) is 2.90. The van der Waals surface area contributed by atoms with Crippen molar-refractivity contribution in [2.24, 2.45) is 0 Å². The number of nitrogens with zero attached hydrogens (tertiary/aromatic N) is 1. The van der Waals surface area contributed by atoms with Crippen molar-refractivity contribution < 1.29 is 14.3 Å². The Kier molecular flexibility index (Phi) is 3.87. The molecule has 0 bridgehead atoms. The predicted molar refractivity (Wildman–Crippen MR) is 76.1 cm³/mol. The normalized spacial score (nSPS) is 13.6. The number of hydrogen-bond acceptors (Lipinski definition) is 4. The number of H-pyrrole nitrogens is 1. The van der Waals surface area contributed by atoms with Crippen LogP contribution in [0, 0.1) is 0 Å². The second-order valence-corrected chi connectivity index (χ2v) is 4.86. The first-order chi connectivity index (χ1) is 10.3. The average Bonchev–Trinajstić information content (AvgIpc) is 2.97. The summed E-state index contributed by atoms with van der Waals surface area (Å²) in [5, 5.41) is 9.88. The first kappa shape index (κ1) is 13.6. The summed E-state index contributed by atoms with van der Waals surface area (Å²) in [6.07, 6.45) is 0.772.